The van der Waals surface area contributed by atoms with E-state index in [1.807, 2.05) is 0 Å². The van der Waals surface area contributed by atoms with Crippen molar-refractivity contribution in [3.8, 4) is 0 Å². The molecule has 0 bridgehead atoms. The molecule has 0 aromatic carbocycles. The van der Waals surface area contributed by atoms with Crippen LogP contribution in [0.4, 0.5) is 26.3 Å². The first-order valence-electron chi connectivity index (χ1n) is 3.86. The zero-order valence-electron chi connectivity index (χ0n) is 7.85. The fourth-order valence-corrected chi connectivity index (χ4v) is 0.693. The van der Waals surface area contributed by atoms with E-state index in [0.717, 1.165) is 6.92 Å². The summed E-state index contributed by atoms with van der Waals surface area (Å²) in [5.74, 6) is -6.75. The van der Waals surface area contributed by atoms with Crippen molar-refractivity contribution in [1.29, 1.82) is 0 Å². The van der Waals surface area contributed by atoms with E-state index >= 15 is 0 Å². The van der Waals surface area contributed by atoms with Crippen LogP contribution in [-0.2, 0) is 4.74 Å². The van der Waals surface area contributed by atoms with Crippen molar-refractivity contribution in [1.82, 2.24) is 0 Å². The Morgan fingerprint density at radius 1 is 1.19 bits per heavy atom. The Bertz CT molecular complexity index is 268. The Morgan fingerprint density at radius 2 is 1.62 bits per heavy atom. The summed E-state index contributed by atoms with van der Waals surface area (Å²) < 4.78 is 75.4. The molecule has 0 aliphatic rings. The number of hydrogen-bond donors (Lipinski definition) is 2. The van der Waals surface area contributed by atoms with Gasteiger partial charge in [-0.15, -0.1) is 0 Å². The molecule has 0 radical (unpaired) electrons. The lowest BCUT2D eigenvalue weighted by Crippen LogP contribution is -2.46. The van der Waals surface area contributed by atoms with Crippen LogP contribution in [0.25, 0.3) is 0 Å². The zero-order valence-corrected chi connectivity index (χ0v) is 7.85. The minimum Gasteiger partial charge on any atom is -0.504 e. The van der Waals surface area contributed by atoms with Gasteiger partial charge < -0.3 is 14.9 Å². The summed E-state index contributed by atoms with van der Waals surface area (Å²) in [7, 11) is 0. The van der Waals surface area contributed by atoms with Crippen molar-refractivity contribution in [2.45, 2.75) is 25.1 Å². The first-order valence-corrected chi connectivity index (χ1v) is 3.86. The summed E-state index contributed by atoms with van der Waals surface area (Å²) in [4.78, 5) is 0. The van der Waals surface area contributed by atoms with Gasteiger partial charge in [0, 0.05) is 12.7 Å². The fraction of sp³-hybridized carbons (Fsp3) is 0.714. The zero-order chi connectivity index (χ0) is 13.2. The molecule has 0 saturated heterocycles. The highest BCUT2D eigenvalue weighted by molar-refractivity contribution is 5.08. The molecule has 3 nitrogen and oxygen atoms in total. The van der Waals surface area contributed by atoms with E-state index < -0.39 is 36.6 Å². The largest absolute Gasteiger partial charge is 0.504 e. The van der Waals surface area contributed by atoms with Gasteiger partial charge in [0.1, 0.15) is 0 Å². The second kappa shape index (κ2) is 4.50. The monoisotopic (exact) mass is 254 g/mol. The lowest BCUT2D eigenvalue weighted by atomic mass is 10.2. The average molecular weight is 254 g/mol. The predicted octanol–water partition coefficient (Wildman–Crippen LogP) is 2.28. The molecule has 0 amide bonds. The molecule has 0 heterocycles. The summed E-state index contributed by atoms with van der Waals surface area (Å²) in [6, 6.07) is 0. The van der Waals surface area contributed by atoms with E-state index in [-0.39, 0.29) is 0 Å². The van der Waals surface area contributed by atoms with Crippen molar-refractivity contribution in [3.05, 3.63) is 11.8 Å². The van der Waals surface area contributed by atoms with Crippen LogP contribution in [0.3, 0.4) is 0 Å². The molecule has 0 aromatic heterocycles. The number of halogens is 6. The van der Waals surface area contributed by atoms with Gasteiger partial charge in [-0.3, -0.25) is 0 Å². The second-order valence-electron chi connectivity index (χ2n) is 2.65. The molecule has 0 rings (SSSR count). The maximum absolute atomic E-state index is 12.1. The summed E-state index contributed by atoms with van der Waals surface area (Å²) >= 11 is 0. The van der Waals surface area contributed by atoms with E-state index in [9.17, 15) is 26.3 Å². The minimum absolute atomic E-state index is 0.697. The van der Waals surface area contributed by atoms with Crippen LogP contribution in [0, 0.1) is 0 Å². The number of ether oxygens (including phenoxy) is 1. The van der Waals surface area contributed by atoms with Gasteiger partial charge in [-0.25, -0.2) is 0 Å². The number of allylic oxidation sites excluding steroid dienone is 1. The van der Waals surface area contributed by atoms with Gasteiger partial charge >= 0.3 is 12.4 Å². The van der Waals surface area contributed by atoms with Crippen LogP contribution >= 0.6 is 0 Å². The minimum atomic E-state index is -5.50. The number of rotatable bonds is 3. The van der Waals surface area contributed by atoms with E-state index in [0.29, 0.717) is 0 Å². The predicted molar refractivity (Wildman–Crippen MR) is 39.4 cm³/mol. The topological polar surface area (TPSA) is 49.7 Å². The third kappa shape index (κ3) is 3.56. The molecular weight excluding hydrogens is 246 g/mol. The summed E-state index contributed by atoms with van der Waals surface area (Å²) in [5.41, 5.74) is 0. The van der Waals surface area contributed by atoms with Crippen LogP contribution < -0.4 is 0 Å². The Morgan fingerprint density at radius 3 is 1.88 bits per heavy atom. The third-order valence-electron chi connectivity index (χ3n) is 1.39. The molecule has 0 fully saturated rings. The maximum atomic E-state index is 12.1. The standard InChI is InChI=1S/C7H8F6O3/c1-2-16-5(15,7(11,12)13)3-4(14)6(8,9)10/h3,14-15H,2H2,1H3/b4-3-. The van der Waals surface area contributed by atoms with Gasteiger partial charge in [0.25, 0.3) is 5.79 Å². The number of aliphatic hydroxyl groups is 2. The SMILES string of the molecule is CCOC(O)(/C=C(\O)C(F)(F)F)C(F)(F)F. The van der Waals surface area contributed by atoms with Gasteiger partial charge in [0.2, 0.25) is 0 Å². The van der Waals surface area contributed by atoms with Crippen LogP contribution in [-0.4, -0.2) is 35.0 Å². The molecule has 96 valence electrons. The fourth-order valence-electron chi connectivity index (χ4n) is 0.693. The highest BCUT2D eigenvalue weighted by Crippen LogP contribution is 2.35. The summed E-state index contributed by atoms with van der Waals surface area (Å²) in [6.07, 6.45) is -11.7. The van der Waals surface area contributed by atoms with E-state index in [1.54, 1.807) is 0 Å². The number of hydrogen-bond acceptors (Lipinski definition) is 3. The lowest BCUT2D eigenvalue weighted by Gasteiger charge is -2.27. The molecule has 16 heavy (non-hydrogen) atoms. The molecular formula is C7H8F6O3. The molecule has 0 aliphatic carbocycles. The Hall–Kier alpha value is -0.960. The Kier molecular flexibility index (Phi) is 4.23. The van der Waals surface area contributed by atoms with E-state index in [1.165, 1.54) is 0 Å². The molecule has 0 spiro atoms. The molecule has 0 saturated carbocycles. The van der Waals surface area contributed by atoms with Crippen molar-refractivity contribution < 1.29 is 41.3 Å². The third-order valence-corrected chi connectivity index (χ3v) is 1.39. The van der Waals surface area contributed by atoms with Crippen LogP contribution in [0.15, 0.2) is 11.8 Å². The normalized spacial score (nSPS) is 18.4. The highest BCUT2D eigenvalue weighted by Gasteiger charge is 2.55. The van der Waals surface area contributed by atoms with Crippen molar-refractivity contribution in [3.63, 3.8) is 0 Å². The Balaban J connectivity index is 5.25. The molecule has 0 aliphatic heterocycles. The number of alkyl halides is 6. The smallest absolute Gasteiger partial charge is 0.448 e. The summed E-state index contributed by atoms with van der Waals surface area (Å²) in [6.45, 7) is 0.340. The molecule has 1 unspecified atom stereocenters. The van der Waals surface area contributed by atoms with Gasteiger partial charge in [0.15, 0.2) is 5.76 Å². The van der Waals surface area contributed by atoms with Crippen LogP contribution in [0.2, 0.25) is 0 Å². The van der Waals surface area contributed by atoms with Crippen molar-refractivity contribution >= 4 is 0 Å². The van der Waals surface area contributed by atoms with Gasteiger partial charge in [-0.05, 0) is 6.92 Å². The van der Waals surface area contributed by atoms with Crippen molar-refractivity contribution in [2.24, 2.45) is 0 Å². The molecule has 0 aromatic rings. The van der Waals surface area contributed by atoms with E-state index in [2.05, 4.69) is 4.74 Å². The van der Waals surface area contributed by atoms with Crippen LogP contribution in [0.1, 0.15) is 6.92 Å². The summed E-state index contributed by atoms with van der Waals surface area (Å²) in [5, 5.41) is 17.1. The maximum Gasteiger partial charge on any atom is 0.448 e. The number of aliphatic hydroxyl groups excluding tert-OH is 1. The lowest BCUT2D eigenvalue weighted by molar-refractivity contribution is -0.341. The second-order valence-corrected chi connectivity index (χ2v) is 2.65. The van der Waals surface area contributed by atoms with E-state index in [4.69, 9.17) is 10.2 Å². The molecule has 2 N–H and O–H groups in total. The molecule has 1 atom stereocenters. The van der Waals surface area contributed by atoms with Gasteiger partial charge in [-0.1, -0.05) is 0 Å². The Labute approximate surface area is 85.9 Å². The first kappa shape index (κ1) is 15.0. The molecule has 9 heteroatoms. The van der Waals surface area contributed by atoms with Crippen molar-refractivity contribution in [2.75, 3.05) is 6.61 Å². The quantitative estimate of drug-likeness (QED) is 0.461. The van der Waals surface area contributed by atoms with Gasteiger partial charge in [0.05, 0.1) is 0 Å². The highest BCUT2D eigenvalue weighted by atomic mass is 19.4. The van der Waals surface area contributed by atoms with Crippen LogP contribution in [0.5, 0.6) is 0 Å². The van der Waals surface area contributed by atoms with Gasteiger partial charge in [-0.2, -0.15) is 26.3 Å². The average Bonchev–Trinajstić information content (AvgIpc) is 2.00. The first-order chi connectivity index (χ1) is 6.94.